The molecule has 2 aliphatic rings. The fraction of sp³-hybridized carbons (Fsp3) is 0.700. The van der Waals surface area contributed by atoms with Gasteiger partial charge in [-0.25, -0.2) is 0 Å². The molecular weight excluding hydrogens is 465 g/mol. The van der Waals surface area contributed by atoms with Crippen molar-refractivity contribution < 1.29 is 10.2 Å². The highest BCUT2D eigenvalue weighted by Gasteiger charge is 2.34. The molecule has 8 heteroatoms. The summed E-state index contributed by atoms with van der Waals surface area (Å²) in [7, 11) is 0. The van der Waals surface area contributed by atoms with Gasteiger partial charge in [0.15, 0.2) is 0 Å². The summed E-state index contributed by atoms with van der Waals surface area (Å²) >= 11 is 12.1. The van der Waals surface area contributed by atoms with E-state index in [4.69, 9.17) is 0 Å². The lowest BCUT2D eigenvalue weighted by Crippen LogP contribution is -2.10. The van der Waals surface area contributed by atoms with Crippen LogP contribution in [0.15, 0.2) is 24.3 Å². The Morgan fingerprint density at radius 1 is 0.821 bits per heavy atom. The van der Waals surface area contributed by atoms with Gasteiger partial charge in [-0.15, -0.1) is 47.0 Å². The Kier molecular flexibility index (Phi) is 10.5. The lowest BCUT2D eigenvalue weighted by atomic mass is 10.1. The lowest BCUT2D eigenvalue weighted by Gasteiger charge is -2.24. The fourth-order valence-electron chi connectivity index (χ4n) is 3.53. The molecule has 1 aromatic rings. The van der Waals surface area contributed by atoms with Gasteiger partial charge in [-0.3, -0.25) is 0 Å². The first kappa shape index (κ1) is 23.9. The van der Waals surface area contributed by atoms with Crippen LogP contribution in [0.2, 0.25) is 0 Å². The summed E-state index contributed by atoms with van der Waals surface area (Å²) in [5, 5.41) is 20.6. The molecule has 158 valence electrons. The Hall–Kier alpha value is 1.24. The Bertz CT molecular complexity index is 536. The van der Waals surface area contributed by atoms with Crippen molar-refractivity contribution in [3.63, 3.8) is 0 Å². The van der Waals surface area contributed by atoms with Gasteiger partial charge in [0, 0.05) is 35.2 Å². The van der Waals surface area contributed by atoms with Gasteiger partial charge in [0.05, 0.1) is 19.7 Å². The summed E-state index contributed by atoms with van der Waals surface area (Å²) in [5.74, 6) is 2.31. The summed E-state index contributed by atoms with van der Waals surface area (Å²) in [6, 6.07) is 9.37. The summed E-state index contributed by atoms with van der Waals surface area (Å²) < 4.78 is 1.16. The number of hydrogen-bond donors (Lipinski definition) is 2. The van der Waals surface area contributed by atoms with Crippen molar-refractivity contribution in [3.8, 4) is 0 Å². The lowest BCUT2D eigenvalue weighted by molar-refractivity contribution is 0.289. The third-order valence-electron chi connectivity index (χ3n) is 5.04. The van der Waals surface area contributed by atoms with Crippen molar-refractivity contribution in [2.24, 2.45) is 0 Å². The molecule has 0 radical (unpaired) electrons. The minimum atomic E-state index is 0.302. The topological polar surface area (TPSA) is 40.5 Å². The predicted octanol–water partition coefficient (Wildman–Crippen LogP) is 5.61. The SMILES string of the molecule is CSC(c1ccc(C(SC)C2SCC(CCO)S2)cc1)C1SCC(CCO)S1. The summed E-state index contributed by atoms with van der Waals surface area (Å²) in [5.41, 5.74) is 2.85. The van der Waals surface area contributed by atoms with Gasteiger partial charge in [-0.2, -0.15) is 23.5 Å². The number of rotatable bonds is 10. The molecule has 3 rings (SSSR count). The maximum Gasteiger partial charge on any atom is 0.0665 e. The third-order valence-corrected chi connectivity index (χ3v) is 14.8. The van der Waals surface area contributed by atoms with Gasteiger partial charge < -0.3 is 10.2 Å². The van der Waals surface area contributed by atoms with Crippen LogP contribution in [0.1, 0.15) is 34.5 Å². The number of thioether (sulfide) groups is 6. The number of benzene rings is 1. The summed E-state index contributed by atoms with van der Waals surface area (Å²) in [6.07, 6.45) is 6.27. The maximum absolute atomic E-state index is 9.22. The molecule has 0 aromatic heterocycles. The summed E-state index contributed by atoms with van der Waals surface area (Å²) in [6.45, 7) is 0.603. The van der Waals surface area contributed by atoms with Gasteiger partial charge in [-0.1, -0.05) is 24.3 Å². The number of aliphatic hydroxyl groups is 2. The molecule has 6 unspecified atom stereocenters. The predicted molar refractivity (Wildman–Crippen MR) is 138 cm³/mol. The highest BCUT2D eigenvalue weighted by Crippen LogP contribution is 2.52. The molecule has 2 N–H and O–H groups in total. The molecule has 2 saturated heterocycles. The molecule has 0 aliphatic carbocycles. The zero-order valence-electron chi connectivity index (χ0n) is 16.4. The average Bonchev–Trinajstić information content (AvgIpc) is 3.35. The second-order valence-corrected chi connectivity index (χ2v) is 14.7. The Morgan fingerprint density at radius 3 is 1.54 bits per heavy atom. The fourth-order valence-corrected chi connectivity index (χ4v) is 13.8. The Labute approximate surface area is 195 Å². The van der Waals surface area contributed by atoms with E-state index >= 15 is 0 Å². The minimum Gasteiger partial charge on any atom is -0.396 e. The van der Waals surface area contributed by atoms with Crippen LogP contribution in [0.25, 0.3) is 0 Å². The zero-order valence-corrected chi connectivity index (χ0v) is 21.3. The van der Waals surface area contributed by atoms with Crippen molar-refractivity contribution in [2.75, 3.05) is 37.2 Å². The van der Waals surface area contributed by atoms with E-state index in [2.05, 4.69) is 83.8 Å². The molecule has 2 nitrogen and oxygen atoms in total. The first-order valence-corrected chi connectivity index (χ1v) is 16.2. The smallest absolute Gasteiger partial charge is 0.0665 e. The van der Waals surface area contributed by atoms with Crippen molar-refractivity contribution >= 4 is 70.6 Å². The van der Waals surface area contributed by atoms with E-state index in [9.17, 15) is 10.2 Å². The van der Waals surface area contributed by atoms with Crippen LogP contribution in [0.3, 0.4) is 0 Å². The molecule has 1 aromatic carbocycles. The second-order valence-electron chi connectivity index (χ2n) is 6.92. The van der Waals surface area contributed by atoms with Gasteiger partial charge in [0.1, 0.15) is 0 Å². The van der Waals surface area contributed by atoms with Crippen LogP contribution in [0.4, 0.5) is 0 Å². The molecule has 0 bridgehead atoms. The maximum atomic E-state index is 9.22. The van der Waals surface area contributed by atoms with Crippen LogP contribution in [0.5, 0.6) is 0 Å². The van der Waals surface area contributed by atoms with E-state index in [1.54, 1.807) is 0 Å². The monoisotopic (exact) mass is 494 g/mol. The zero-order chi connectivity index (χ0) is 19.9. The Balaban J connectivity index is 1.64. The quantitative estimate of drug-likeness (QED) is 0.435. The molecule has 28 heavy (non-hydrogen) atoms. The molecule has 6 atom stereocenters. The van der Waals surface area contributed by atoms with Crippen molar-refractivity contribution in [1.29, 1.82) is 0 Å². The third kappa shape index (κ3) is 6.15. The highest BCUT2D eigenvalue weighted by atomic mass is 32.2. The van der Waals surface area contributed by atoms with E-state index in [-0.39, 0.29) is 0 Å². The van der Waals surface area contributed by atoms with Crippen molar-refractivity contribution in [3.05, 3.63) is 35.4 Å². The largest absolute Gasteiger partial charge is 0.396 e. The van der Waals surface area contributed by atoms with E-state index in [1.807, 2.05) is 23.5 Å². The van der Waals surface area contributed by atoms with E-state index in [0.717, 1.165) is 24.3 Å². The van der Waals surface area contributed by atoms with E-state index in [1.165, 1.54) is 11.1 Å². The number of hydrogen-bond acceptors (Lipinski definition) is 8. The molecular formula is C20H30O2S6. The molecule has 0 amide bonds. The Morgan fingerprint density at radius 2 is 1.21 bits per heavy atom. The standard InChI is InChI=1S/C20H30O2S6/c1-23-17(19-25-11-15(27-19)7-9-21)13-3-5-14(6-4-13)18(24-2)20-26-12-16(28-20)8-10-22/h3-6,15-22H,7-12H2,1-2H3. The molecule has 0 spiro atoms. The highest BCUT2D eigenvalue weighted by molar-refractivity contribution is 8.22. The van der Waals surface area contributed by atoms with Crippen LogP contribution >= 0.6 is 70.6 Å². The first-order valence-electron chi connectivity index (χ1n) is 9.61. The van der Waals surface area contributed by atoms with E-state index < -0.39 is 0 Å². The summed E-state index contributed by atoms with van der Waals surface area (Å²) in [4.78, 5) is 0. The minimum absolute atomic E-state index is 0.302. The molecule has 2 fully saturated rings. The first-order chi connectivity index (χ1) is 13.7. The van der Waals surface area contributed by atoms with Crippen LogP contribution < -0.4 is 0 Å². The second kappa shape index (κ2) is 12.3. The number of aliphatic hydroxyl groups excluding tert-OH is 2. The molecule has 0 saturated carbocycles. The van der Waals surface area contributed by atoms with Gasteiger partial charge >= 0.3 is 0 Å². The van der Waals surface area contributed by atoms with Crippen LogP contribution in [0, 0.1) is 0 Å². The van der Waals surface area contributed by atoms with Crippen molar-refractivity contribution in [2.45, 2.75) is 43.0 Å². The van der Waals surface area contributed by atoms with Gasteiger partial charge in [0.25, 0.3) is 0 Å². The van der Waals surface area contributed by atoms with Crippen LogP contribution in [-0.2, 0) is 0 Å². The van der Waals surface area contributed by atoms with Gasteiger partial charge in [-0.05, 0) is 36.5 Å². The van der Waals surface area contributed by atoms with E-state index in [0.29, 0.717) is 43.4 Å². The molecule has 2 aliphatic heterocycles. The molecule has 2 heterocycles. The van der Waals surface area contributed by atoms with Crippen molar-refractivity contribution in [1.82, 2.24) is 0 Å². The average molecular weight is 495 g/mol. The van der Waals surface area contributed by atoms with Gasteiger partial charge in [0.2, 0.25) is 0 Å². The normalized spacial score (nSPS) is 29.9. The van der Waals surface area contributed by atoms with Crippen LogP contribution in [-0.4, -0.2) is 67.1 Å².